The van der Waals surface area contributed by atoms with Crippen molar-refractivity contribution < 1.29 is 103 Å². The van der Waals surface area contributed by atoms with Crippen molar-refractivity contribution in [2.45, 2.75) is 4.34 Å². The van der Waals surface area contributed by atoms with Crippen molar-refractivity contribution in [2.75, 3.05) is 0 Å². The van der Waals surface area contributed by atoms with E-state index < -0.39 is 0 Å². The molecule has 0 fully saturated rings. The molecule has 1 heterocycles. The van der Waals surface area contributed by atoms with Crippen LogP contribution in [0.5, 0.6) is 0 Å². The molecular formula is C2K2N2S2. The van der Waals surface area contributed by atoms with Crippen LogP contribution in [0.4, 0.5) is 0 Å². The summed E-state index contributed by atoms with van der Waals surface area (Å²) in [5.41, 5.74) is 2.51. The number of hydrogen-bond donors (Lipinski definition) is 0. The Labute approximate surface area is 142 Å². The fourth-order valence-electron chi connectivity index (χ4n) is 0.141. The van der Waals surface area contributed by atoms with E-state index in [0.717, 1.165) is 0 Å². The Hall–Kier alpha value is 3.05. The predicted molar refractivity (Wildman–Crippen MR) is 24.4 cm³/mol. The van der Waals surface area contributed by atoms with Crippen LogP contribution in [0.1, 0.15) is 0 Å². The van der Waals surface area contributed by atoms with Crippen LogP contribution < -0.4 is 103 Å². The normalized spacial score (nSPS) is 6.50. The zero-order valence-corrected chi connectivity index (χ0v) is 12.6. The summed E-state index contributed by atoms with van der Waals surface area (Å²) in [4.78, 5) is 0. The average Bonchev–Trinajstić information content (AvgIpc) is 1.86. The number of hydrogen-bond acceptors (Lipinski definition) is 4. The van der Waals surface area contributed by atoms with Crippen LogP contribution in [0.25, 0.3) is 0 Å². The van der Waals surface area contributed by atoms with Gasteiger partial charge in [-0.3, -0.25) is 10.2 Å². The maximum Gasteiger partial charge on any atom is 1.00 e. The first kappa shape index (κ1) is 13.6. The first-order valence-corrected chi connectivity index (χ1v) is 2.48. The van der Waals surface area contributed by atoms with Gasteiger partial charge in [-0.15, -0.1) is 0 Å². The van der Waals surface area contributed by atoms with E-state index in [1.54, 1.807) is 0 Å². The molecule has 0 aliphatic rings. The van der Waals surface area contributed by atoms with Gasteiger partial charge in [-0.05, 0) is 0 Å². The van der Waals surface area contributed by atoms with E-state index in [-0.39, 0.29) is 103 Å². The van der Waals surface area contributed by atoms with Gasteiger partial charge >= 0.3 is 103 Å². The van der Waals surface area contributed by atoms with Gasteiger partial charge in [-0.25, -0.2) is 0 Å². The van der Waals surface area contributed by atoms with Gasteiger partial charge in [0.25, 0.3) is 0 Å². The maximum atomic E-state index is 4.56. The van der Waals surface area contributed by atoms with Crippen LogP contribution in [0, 0.1) is 5.51 Å². The molecule has 32 valence electrons. The van der Waals surface area contributed by atoms with Crippen LogP contribution in [0.2, 0.25) is 0 Å². The molecule has 0 aliphatic heterocycles. The fraction of sp³-hybridized carbons (Fsp3) is 0. The van der Waals surface area contributed by atoms with Crippen LogP contribution >= 0.6 is 11.3 Å². The Balaban J connectivity index is 0. The summed E-state index contributed by atoms with van der Waals surface area (Å²) in [6.07, 6.45) is 0. The van der Waals surface area contributed by atoms with E-state index in [9.17, 15) is 0 Å². The largest absolute Gasteiger partial charge is 1.00 e. The molecular weight excluding hydrogens is 194 g/mol. The number of rotatable bonds is 0. The summed E-state index contributed by atoms with van der Waals surface area (Å²) in [6, 6.07) is 0. The average molecular weight is 194 g/mol. The minimum Gasteiger partial charge on any atom is -0.544 e. The molecule has 1 aromatic heterocycles. The van der Waals surface area contributed by atoms with Gasteiger partial charge in [0, 0.05) is 0 Å². The van der Waals surface area contributed by atoms with Crippen LogP contribution in [-0.2, 0) is 12.6 Å². The monoisotopic (exact) mass is 194 g/mol. The zero-order chi connectivity index (χ0) is 4.41. The van der Waals surface area contributed by atoms with E-state index in [0.29, 0.717) is 4.34 Å². The summed E-state index contributed by atoms with van der Waals surface area (Å²) in [5.74, 6) is 0. The molecule has 1 rings (SSSR count). The van der Waals surface area contributed by atoms with Crippen molar-refractivity contribution in [3.8, 4) is 0 Å². The van der Waals surface area contributed by atoms with Gasteiger partial charge < -0.3 is 24.0 Å². The molecule has 0 atom stereocenters. The molecule has 0 aliphatic carbocycles. The molecule has 0 unspecified atom stereocenters. The van der Waals surface area contributed by atoms with Gasteiger partial charge in [0.1, 0.15) is 0 Å². The van der Waals surface area contributed by atoms with E-state index in [1.165, 1.54) is 11.3 Å². The Morgan fingerprint density at radius 2 is 2.12 bits per heavy atom. The summed E-state index contributed by atoms with van der Waals surface area (Å²) in [6.45, 7) is 0. The van der Waals surface area contributed by atoms with Gasteiger partial charge in [0.05, 0.1) is 0 Å². The van der Waals surface area contributed by atoms with Crippen molar-refractivity contribution >= 4 is 24.0 Å². The Morgan fingerprint density at radius 3 is 2.25 bits per heavy atom. The van der Waals surface area contributed by atoms with E-state index in [2.05, 4.69) is 28.3 Å². The van der Waals surface area contributed by atoms with Crippen molar-refractivity contribution in [1.82, 2.24) is 10.2 Å². The molecule has 0 amide bonds. The SMILES string of the molecule is [K+].[K+].[S-]c1nn[c-]s1. The van der Waals surface area contributed by atoms with Crippen LogP contribution in [0.3, 0.4) is 0 Å². The Kier molecular flexibility index (Phi) is 13.9. The van der Waals surface area contributed by atoms with Crippen molar-refractivity contribution in [2.24, 2.45) is 0 Å². The number of aromatic nitrogens is 2. The molecule has 0 bridgehead atoms. The van der Waals surface area contributed by atoms with Gasteiger partial charge in [-0.1, -0.05) is 0 Å². The standard InChI is InChI=1S/C2HN2S2.2K/c5-2-4-3-1-6-2;;/h(H,4,5);;/q-1;2*+1/p-1. The summed E-state index contributed by atoms with van der Waals surface area (Å²) in [5, 5.41) is 6.81. The maximum absolute atomic E-state index is 4.56. The third-order valence-corrected chi connectivity index (χ3v) is 1.07. The molecule has 1 aromatic rings. The fourth-order valence-corrected chi connectivity index (χ4v) is 0.535. The van der Waals surface area contributed by atoms with Crippen LogP contribution in [0.15, 0.2) is 4.34 Å². The Bertz CT molecular complexity index is 120. The second kappa shape index (κ2) is 8.15. The molecule has 0 spiro atoms. The first-order chi connectivity index (χ1) is 2.89. The molecule has 0 aromatic carbocycles. The first-order valence-electron chi connectivity index (χ1n) is 1.26. The molecule has 0 saturated heterocycles. The summed E-state index contributed by atoms with van der Waals surface area (Å²) in [7, 11) is 0. The van der Waals surface area contributed by atoms with E-state index in [4.69, 9.17) is 0 Å². The van der Waals surface area contributed by atoms with Crippen molar-refractivity contribution in [3.63, 3.8) is 0 Å². The molecule has 6 heteroatoms. The molecule has 0 radical (unpaired) electrons. The molecule has 0 N–H and O–H groups in total. The van der Waals surface area contributed by atoms with Gasteiger partial charge in [-0.2, -0.15) is 9.85 Å². The van der Waals surface area contributed by atoms with Gasteiger partial charge in [0.15, 0.2) is 0 Å². The van der Waals surface area contributed by atoms with E-state index in [1.807, 2.05) is 0 Å². The number of nitrogens with zero attached hydrogens (tertiary/aromatic N) is 2. The van der Waals surface area contributed by atoms with Crippen molar-refractivity contribution in [1.29, 1.82) is 0 Å². The van der Waals surface area contributed by atoms with Crippen LogP contribution in [-0.4, -0.2) is 10.2 Å². The quantitative estimate of drug-likeness (QED) is 0.234. The van der Waals surface area contributed by atoms with Gasteiger partial charge in [0.2, 0.25) is 0 Å². The molecule has 0 saturated carbocycles. The molecule has 2 nitrogen and oxygen atoms in total. The second-order valence-corrected chi connectivity index (χ2v) is 2.08. The Morgan fingerprint density at radius 1 is 1.50 bits per heavy atom. The third kappa shape index (κ3) is 5.81. The second-order valence-electron chi connectivity index (χ2n) is 0.659. The topological polar surface area (TPSA) is 25.8 Å². The minimum atomic E-state index is 0. The summed E-state index contributed by atoms with van der Waals surface area (Å²) < 4.78 is 0.551. The zero-order valence-electron chi connectivity index (χ0n) is 4.71. The van der Waals surface area contributed by atoms with E-state index >= 15 is 0 Å². The van der Waals surface area contributed by atoms with Crippen molar-refractivity contribution in [3.05, 3.63) is 5.51 Å². The minimum absolute atomic E-state index is 0. The smallest absolute Gasteiger partial charge is 0.544 e. The summed E-state index contributed by atoms with van der Waals surface area (Å²) >= 11 is 5.80. The predicted octanol–water partition coefficient (Wildman–Crippen LogP) is -5.75. The molecule has 8 heavy (non-hydrogen) atoms. The third-order valence-electron chi connectivity index (χ3n) is 0.305.